The minimum atomic E-state index is -4.64. The van der Waals surface area contributed by atoms with Crippen molar-refractivity contribution in [3.8, 4) is 21.7 Å². The Bertz CT molecular complexity index is 1330. The molecule has 1 atom stereocenters. The van der Waals surface area contributed by atoms with Crippen LogP contribution in [0.15, 0.2) is 36.1 Å². The summed E-state index contributed by atoms with van der Waals surface area (Å²) in [4.78, 5) is 48.7. The molecule has 0 fully saturated rings. The lowest BCUT2D eigenvalue weighted by Gasteiger charge is -2.16. The van der Waals surface area contributed by atoms with Gasteiger partial charge in [0.1, 0.15) is 10.8 Å². The number of amides is 4. The number of urea groups is 1. The van der Waals surface area contributed by atoms with Crippen molar-refractivity contribution >= 4 is 35.0 Å². The number of halogens is 3. The van der Waals surface area contributed by atoms with E-state index in [1.807, 2.05) is 13.8 Å². The van der Waals surface area contributed by atoms with E-state index >= 15 is 0 Å². The van der Waals surface area contributed by atoms with E-state index in [0.29, 0.717) is 17.7 Å². The molecule has 3 aromatic heterocycles. The number of nitrogens with one attached hydrogen (secondary N) is 4. The number of rotatable bonds is 7. The summed E-state index contributed by atoms with van der Waals surface area (Å²) in [5.74, 6) is -1.18. The van der Waals surface area contributed by atoms with E-state index in [9.17, 15) is 27.6 Å². The van der Waals surface area contributed by atoms with Crippen molar-refractivity contribution in [1.29, 1.82) is 0 Å². The number of thiazole rings is 1. The first-order chi connectivity index (χ1) is 17.9. The molecule has 0 radical (unpaired) electrons. The quantitative estimate of drug-likeness (QED) is 0.321. The van der Waals surface area contributed by atoms with Crippen LogP contribution >= 0.6 is 11.3 Å². The molecule has 3 rings (SSSR count). The van der Waals surface area contributed by atoms with Gasteiger partial charge in [-0.05, 0) is 25.0 Å². The van der Waals surface area contributed by atoms with Gasteiger partial charge >= 0.3 is 12.2 Å². The highest BCUT2D eigenvalue weighted by molar-refractivity contribution is 7.13. The Balaban J connectivity index is 1.96. The van der Waals surface area contributed by atoms with Crippen LogP contribution in [0.4, 0.5) is 23.8 Å². The zero-order chi connectivity index (χ0) is 28.0. The third-order valence-electron chi connectivity index (χ3n) is 5.53. The van der Waals surface area contributed by atoms with Crippen LogP contribution in [0.3, 0.4) is 0 Å². The molecule has 0 aromatic carbocycles. The molecule has 3 aromatic rings. The standard InChI is InChI=1S/C24H26F3N7O3S/c1-5-29-23(37)32-19-7-16(22-31-18(11-38-22)24(25,26)27)17(10-30-19)14-6-15(9-28-8-14)21(36)34-33-20(35)13(4)12(2)3/h6-13H,5H2,1-4H3,(H,33,35)(H,34,36)(H2,29,30,32,37)/t13-/m0/s1. The summed E-state index contributed by atoms with van der Waals surface area (Å²) in [5.41, 5.74) is 4.67. The maximum atomic E-state index is 13.2. The Morgan fingerprint density at radius 2 is 1.76 bits per heavy atom. The molecule has 0 aliphatic heterocycles. The van der Waals surface area contributed by atoms with Crippen LogP contribution in [0.25, 0.3) is 21.7 Å². The van der Waals surface area contributed by atoms with Crippen LogP contribution in [-0.4, -0.2) is 39.3 Å². The summed E-state index contributed by atoms with van der Waals surface area (Å²) >= 11 is 0.769. The van der Waals surface area contributed by atoms with E-state index in [1.165, 1.54) is 30.7 Å². The van der Waals surface area contributed by atoms with Crippen LogP contribution in [-0.2, 0) is 11.0 Å². The lowest BCUT2D eigenvalue weighted by atomic mass is 9.98. The van der Waals surface area contributed by atoms with E-state index in [1.54, 1.807) is 13.8 Å². The number of alkyl halides is 3. The molecule has 0 spiro atoms. The second-order valence-electron chi connectivity index (χ2n) is 8.57. The number of carbonyl (C=O) groups is 3. The maximum Gasteiger partial charge on any atom is 0.434 e. The normalized spacial score (nSPS) is 12.1. The smallest absolute Gasteiger partial charge is 0.338 e. The minimum absolute atomic E-state index is 0.0264. The average Bonchev–Trinajstić information content (AvgIpc) is 3.38. The Morgan fingerprint density at radius 3 is 2.39 bits per heavy atom. The fourth-order valence-corrected chi connectivity index (χ4v) is 3.95. The fourth-order valence-electron chi connectivity index (χ4n) is 3.10. The number of anilines is 1. The van der Waals surface area contributed by atoms with Gasteiger partial charge in [0, 0.05) is 53.1 Å². The van der Waals surface area contributed by atoms with E-state index < -0.39 is 23.8 Å². The average molecular weight is 550 g/mol. The van der Waals surface area contributed by atoms with Crippen molar-refractivity contribution in [2.75, 3.05) is 11.9 Å². The highest BCUT2D eigenvalue weighted by atomic mass is 32.1. The topological polar surface area (TPSA) is 138 Å². The van der Waals surface area contributed by atoms with Gasteiger partial charge in [0.25, 0.3) is 5.91 Å². The third kappa shape index (κ3) is 7.03. The molecule has 4 amide bonds. The Labute approximate surface area is 220 Å². The third-order valence-corrected chi connectivity index (χ3v) is 6.41. The van der Waals surface area contributed by atoms with Crippen molar-refractivity contribution in [3.05, 3.63) is 47.4 Å². The molecular weight excluding hydrogens is 523 g/mol. The number of nitrogens with zero attached hydrogens (tertiary/aromatic N) is 3. The summed E-state index contributed by atoms with van der Waals surface area (Å²) in [6, 6.07) is 2.31. The number of pyridine rings is 2. The van der Waals surface area contributed by atoms with Gasteiger partial charge in [0.15, 0.2) is 5.69 Å². The first-order valence-corrected chi connectivity index (χ1v) is 12.4. The van der Waals surface area contributed by atoms with Gasteiger partial charge in [-0.3, -0.25) is 30.7 Å². The zero-order valence-electron chi connectivity index (χ0n) is 20.9. The van der Waals surface area contributed by atoms with Crippen molar-refractivity contribution in [2.45, 2.75) is 33.9 Å². The number of hydrazine groups is 1. The SMILES string of the molecule is CCNC(=O)Nc1cc(-c2nc(C(F)(F)F)cs2)c(-c2cncc(C(=O)NNC(=O)[C@@H](C)C(C)C)c2)cn1. The fraction of sp³-hybridized carbons (Fsp3) is 0.333. The van der Waals surface area contributed by atoms with E-state index in [4.69, 9.17) is 0 Å². The van der Waals surface area contributed by atoms with Crippen LogP contribution in [0.2, 0.25) is 0 Å². The molecule has 0 saturated heterocycles. The first-order valence-electron chi connectivity index (χ1n) is 11.5. The van der Waals surface area contributed by atoms with Gasteiger partial charge in [-0.2, -0.15) is 13.2 Å². The molecule has 4 N–H and O–H groups in total. The van der Waals surface area contributed by atoms with Gasteiger partial charge in [0.05, 0.1) is 5.56 Å². The molecular formula is C24H26F3N7O3S. The van der Waals surface area contributed by atoms with E-state index in [2.05, 4.69) is 36.4 Å². The monoisotopic (exact) mass is 549 g/mol. The first kappa shape index (κ1) is 28.5. The number of hydrogen-bond acceptors (Lipinski definition) is 7. The summed E-state index contributed by atoms with van der Waals surface area (Å²) in [7, 11) is 0. The second kappa shape index (κ2) is 12.0. The van der Waals surface area contributed by atoms with Crippen LogP contribution in [0.1, 0.15) is 43.7 Å². The number of hydrogen-bond donors (Lipinski definition) is 4. The van der Waals surface area contributed by atoms with Crippen molar-refractivity contribution in [2.24, 2.45) is 11.8 Å². The Morgan fingerprint density at radius 1 is 1.03 bits per heavy atom. The summed E-state index contributed by atoms with van der Waals surface area (Å²) in [5, 5.41) is 5.97. The summed E-state index contributed by atoms with van der Waals surface area (Å²) in [6.07, 6.45) is -0.608. The highest BCUT2D eigenvalue weighted by Crippen LogP contribution is 2.38. The van der Waals surface area contributed by atoms with Gasteiger partial charge in [-0.25, -0.2) is 14.8 Å². The van der Waals surface area contributed by atoms with Crippen molar-refractivity contribution in [3.63, 3.8) is 0 Å². The van der Waals surface area contributed by atoms with Gasteiger partial charge in [-0.15, -0.1) is 11.3 Å². The summed E-state index contributed by atoms with van der Waals surface area (Å²) in [6.45, 7) is 7.57. The predicted molar refractivity (Wildman–Crippen MR) is 136 cm³/mol. The van der Waals surface area contributed by atoms with Gasteiger partial charge < -0.3 is 5.32 Å². The molecule has 0 aliphatic rings. The van der Waals surface area contributed by atoms with Crippen LogP contribution in [0.5, 0.6) is 0 Å². The van der Waals surface area contributed by atoms with Crippen LogP contribution < -0.4 is 21.5 Å². The Hall–Kier alpha value is -4.07. The Kier molecular flexibility index (Phi) is 8.99. The molecule has 10 nitrogen and oxygen atoms in total. The van der Waals surface area contributed by atoms with Crippen molar-refractivity contribution in [1.82, 2.24) is 31.1 Å². The number of carbonyl (C=O) groups excluding carboxylic acids is 3. The van der Waals surface area contributed by atoms with Gasteiger partial charge in [-0.1, -0.05) is 20.8 Å². The lowest BCUT2D eigenvalue weighted by molar-refractivity contribution is -0.140. The second-order valence-corrected chi connectivity index (χ2v) is 9.43. The molecule has 0 bridgehead atoms. The maximum absolute atomic E-state index is 13.2. The molecule has 0 saturated carbocycles. The largest absolute Gasteiger partial charge is 0.434 e. The molecule has 0 unspecified atom stereocenters. The molecule has 0 aliphatic carbocycles. The molecule has 202 valence electrons. The van der Waals surface area contributed by atoms with Crippen molar-refractivity contribution < 1.29 is 27.6 Å². The zero-order valence-corrected chi connectivity index (χ0v) is 21.8. The summed E-state index contributed by atoms with van der Waals surface area (Å²) < 4.78 is 39.7. The molecule has 3 heterocycles. The number of aromatic nitrogens is 3. The van der Waals surface area contributed by atoms with E-state index in [-0.39, 0.29) is 39.7 Å². The van der Waals surface area contributed by atoms with Crippen LogP contribution in [0, 0.1) is 11.8 Å². The lowest BCUT2D eigenvalue weighted by Crippen LogP contribution is -2.45. The van der Waals surface area contributed by atoms with E-state index in [0.717, 1.165) is 16.7 Å². The van der Waals surface area contributed by atoms with Gasteiger partial charge in [0.2, 0.25) is 5.91 Å². The predicted octanol–water partition coefficient (Wildman–Crippen LogP) is 4.48. The molecule has 14 heteroatoms. The highest BCUT2D eigenvalue weighted by Gasteiger charge is 2.34. The molecule has 38 heavy (non-hydrogen) atoms. The minimum Gasteiger partial charge on any atom is -0.338 e.